The molecule has 0 saturated carbocycles. The molecule has 80 valence electrons. The number of rotatable bonds is 3. The Kier molecular flexibility index (Phi) is 2.68. The number of likely N-dealkylation sites (tertiary alicyclic amines) is 1. The Hall–Kier alpha value is -1.43. The van der Waals surface area contributed by atoms with Gasteiger partial charge in [0.1, 0.15) is 4.88 Å². The standard InChI is InChI=1S/C9H10N2O3S/c12-8(13)1-6-3-11(4-6)9(14)7-2-10-5-15-7/h2,5-6H,1,3-4H2,(H,12,13). The summed E-state index contributed by atoms with van der Waals surface area (Å²) in [7, 11) is 0. The first-order chi connectivity index (χ1) is 7.16. The van der Waals surface area contributed by atoms with E-state index in [9.17, 15) is 9.59 Å². The van der Waals surface area contributed by atoms with Crippen LogP contribution in [0.15, 0.2) is 11.7 Å². The molecule has 0 aromatic carbocycles. The van der Waals surface area contributed by atoms with Crippen LogP contribution in [0.25, 0.3) is 0 Å². The first kappa shape index (κ1) is 10.1. The zero-order valence-electron chi connectivity index (χ0n) is 7.92. The lowest BCUT2D eigenvalue weighted by atomic mass is 9.96. The van der Waals surface area contributed by atoms with Gasteiger partial charge in [-0.1, -0.05) is 0 Å². The number of amides is 1. The minimum Gasteiger partial charge on any atom is -0.481 e. The van der Waals surface area contributed by atoms with Crippen molar-refractivity contribution in [2.75, 3.05) is 13.1 Å². The predicted molar refractivity (Wildman–Crippen MR) is 53.8 cm³/mol. The van der Waals surface area contributed by atoms with Crippen LogP contribution in [-0.2, 0) is 4.79 Å². The average Bonchev–Trinajstić information content (AvgIpc) is 2.61. The molecule has 1 aromatic rings. The highest BCUT2D eigenvalue weighted by Gasteiger charge is 2.32. The zero-order valence-corrected chi connectivity index (χ0v) is 8.74. The molecule has 1 amide bonds. The van der Waals surface area contributed by atoms with E-state index in [1.165, 1.54) is 17.5 Å². The van der Waals surface area contributed by atoms with E-state index in [0.717, 1.165) is 0 Å². The van der Waals surface area contributed by atoms with Crippen molar-refractivity contribution < 1.29 is 14.7 Å². The molecule has 1 aliphatic heterocycles. The fourth-order valence-corrected chi connectivity index (χ4v) is 2.18. The highest BCUT2D eigenvalue weighted by atomic mass is 32.1. The second-order valence-corrected chi connectivity index (χ2v) is 4.43. The molecule has 1 N–H and O–H groups in total. The minimum absolute atomic E-state index is 0.0425. The van der Waals surface area contributed by atoms with E-state index in [-0.39, 0.29) is 18.2 Å². The molecule has 1 aliphatic rings. The predicted octanol–water partition coefficient (Wildman–Crippen LogP) is 0.690. The van der Waals surface area contributed by atoms with Gasteiger partial charge in [-0.15, -0.1) is 11.3 Å². The van der Waals surface area contributed by atoms with Crippen molar-refractivity contribution >= 4 is 23.2 Å². The van der Waals surface area contributed by atoms with Gasteiger partial charge in [0.25, 0.3) is 5.91 Å². The molecule has 0 spiro atoms. The van der Waals surface area contributed by atoms with Crippen LogP contribution in [0.2, 0.25) is 0 Å². The summed E-state index contributed by atoms with van der Waals surface area (Å²) in [6, 6.07) is 0. The van der Waals surface area contributed by atoms with E-state index in [0.29, 0.717) is 18.0 Å². The molecule has 15 heavy (non-hydrogen) atoms. The minimum atomic E-state index is -0.801. The largest absolute Gasteiger partial charge is 0.481 e. The van der Waals surface area contributed by atoms with Gasteiger partial charge < -0.3 is 10.0 Å². The van der Waals surface area contributed by atoms with E-state index in [2.05, 4.69) is 4.98 Å². The molecule has 0 unspecified atom stereocenters. The van der Waals surface area contributed by atoms with Crippen LogP contribution in [0.1, 0.15) is 16.1 Å². The van der Waals surface area contributed by atoms with Gasteiger partial charge in [-0.25, -0.2) is 0 Å². The summed E-state index contributed by atoms with van der Waals surface area (Å²) < 4.78 is 0. The van der Waals surface area contributed by atoms with Crippen molar-refractivity contribution in [2.24, 2.45) is 5.92 Å². The van der Waals surface area contributed by atoms with Crippen molar-refractivity contribution in [3.05, 3.63) is 16.6 Å². The fourth-order valence-electron chi connectivity index (χ4n) is 1.59. The van der Waals surface area contributed by atoms with Crippen LogP contribution in [0.3, 0.4) is 0 Å². The monoisotopic (exact) mass is 226 g/mol. The summed E-state index contributed by atoms with van der Waals surface area (Å²) in [5.41, 5.74) is 1.61. The van der Waals surface area contributed by atoms with Gasteiger partial charge in [0.15, 0.2) is 0 Å². The number of aromatic nitrogens is 1. The molecule has 1 saturated heterocycles. The van der Waals surface area contributed by atoms with Crippen molar-refractivity contribution in [3.8, 4) is 0 Å². The molecular formula is C9H10N2O3S. The molecule has 2 rings (SSSR count). The van der Waals surface area contributed by atoms with Crippen LogP contribution in [0.4, 0.5) is 0 Å². The number of nitrogens with zero attached hydrogens (tertiary/aromatic N) is 2. The van der Waals surface area contributed by atoms with Crippen molar-refractivity contribution in [3.63, 3.8) is 0 Å². The smallest absolute Gasteiger partial charge is 0.303 e. The van der Waals surface area contributed by atoms with Gasteiger partial charge in [0, 0.05) is 19.0 Å². The molecule has 0 atom stereocenters. The molecule has 0 bridgehead atoms. The third kappa shape index (κ3) is 2.15. The van der Waals surface area contributed by atoms with Gasteiger partial charge in [-0.2, -0.15) is 0 Å². The van der Waals surface area contributed by atoms with Gasteiger partial charge in [0.05, 0.1) is 18.1 Å². The van der Waals surface area contributed by atoms with Crippen LogP contribution < -0.4 is 0 Å². The fraction of sp³-hybridized carbons (Fsp3) is 0.444. The molecule has 2 heterocycles. The zero-order chi connectivity index (χ0) is 10.8. The number of hydrogen-bond donors (Lipinski definition) is 1. The maximum atomic E-state index is 11.7. The molecule has 5 nitrogen and oxygen atoms in total. The van der Waals surface area contributed by atoms with Crippen molar-refractivity contribution in [1.82, 2.24) is 9.88 Å². The highest BCUT2D eigenvalue weighted by molar-refractivity contribution is 7.11. The lowest BCUT2D eigenvalue weighted by molar-refractivity contribution is -0.139. The summed E-state index contributed by atoms with van der Waals surface area (Å²) >= 11 is 1.31. The molecule has 6 heteroatoms. The average molecular weight is 226 g/mol. The van der Waals surface area contributed by atoms with E-state index in [1.807, 2.05) is 0 Å². The topological polar surface area (TPSA) is 70.5 Å². The summed E-state index contributed by atoms with van der Waals surface area (Å²) in [4.78, 5) is 28.2. The quantitative estimate of drug-likeness (QED) is 0.823. The van der Waals surface area contributed by atoms with Crippen LogP contribution in [0, 0.1) is 5.92 Å². The molecule has 0 radical (unpaired) electrons. The Morgan fingerprint density at radius 2 is 2.33 bits per heavy atom. The summed E-state index contributed by atoms with van der Waals surface area (Å²) in [5, 5.41) is 8.55. The normalized spacial score (nSPS) is 16.1. The Morgan fingerprint density at radius 1 is 1.60 bits per heavy atom. The first-order valence-electron chi connectivity index (χ1n) is 4.56. The van der Waals surface area contributed by atoms with Gasteiger partial charge in [0.2, 0.25) is 0 Å². The summed E-state index contributed by atoms with van der Waals surface area (Å²) in [6.45, 7) is 1.09. The van der Waals surface area contributed by atoms with Crippen molar-refractivity contribution in [2.45, 2.75) is 6.42 Å². The Morgan fingerprint density at radius 3 is 2.87 bits per heavy atom. The second-order valence-electron chi connectivity index (χ2n) is 3.54. The van der Waals surface area contributed by atoms with Gasteiger partial charge in [-0.3, -0.25) is 14.6 Å². The van der Waals surface area contributed by atoms with Crippen LogP contribution >= 0.6 is 11.3 Å². The molecular weight excluding hydrogens is 216 g/mol. The van der Waals surface area contributed by atoms with Gasteiger partial charge >= 0.3 is 5.97 Å². The third-order valence-corrected chi connectivity index (χ3v) is 3.11. The number of hydrogen-bond acceptors (Lipinski definition) is 4. The Bertz CT molecular complexity index is 371. The summed E-state index contributed by atoms with van der Waals surface area (Å²) in [6.07, 6.45) is 1.68. The van der Waals surface area contributed by atoms with Crippen LogP contribution in [-0.4, -0.2) is 40.0 Å². The first-order valence-corrected chi connectivity index (χ1v) is 5.44. The lowest BCUT2D eigenvalue weighted by Gasteiger charge is -2.38. The van der Waals surface area contributed by atoms with E-state index >= 15 is 0 Å². The van der Waals surface area contributed by atoms with E-state index in [4.69, 9.17) is 5.11 Å². The number of carbonyl (C=O) groups excluding carboxylic acids is 1. The SMILES string of the molecule is O=C(O)CC1CN(C(=O)c2cncs2)C1. The Labute approximate surface area is 90.4 Å². The lowest BCUT2D eigenvalue weighted by Crippen LogP contribution is -2.50. The van der Waals surface area contributed by atoms with E-state index in [1.54, 1.807) is 10.4 Å². The molecule has 0 aliphatic carbocycles. The highest BCUT2D eigenvalue weighted by Crippen LogP contribution is 2.22. The maximum absolute atomic E-state index is 11.7. The number of carboxylic acids is 1. The van der Waals surface area contributed by atoms with Crippen LogP contribution in [0.5, 0.6) is 0 Å². The number of carbonyl (C=O) groups is 2. The number of carboxylic acid groups (broad SMARTS) is 1. The maximum Gasteiger partial charge on any atom is 0.303 e. The molecule has 1 aromatic heterocycles. The van der Waals surface area contributed by atoms with E-state index < -0.39 is 5.97 Å². The summed E-state index contributed by atoms with van der Waals surface area (Å²) in [5.74, 6) is -0.733. The second kappa shape index (κ2) is 3.98. The van der Waals surface area contributed by atoms with Crippen molar-refractivity contribution in [1.29, 1.82) is 0 Å². The Balaban J connectivity index is 1.85. The number of aliphatic carboxylic acids is 1. The third-order valence-electron chi connectivity index (χ3n) is 2.35. The number of thiazole rings is 1. The van der Waals surface area contributed by atoms with Gasteiger partial charge in [-0.05, 0) is 0 Å². The molecule has 1 fully saturated rings.